The number of aliphatic imine (C=N–C) groups is 1. The van der Waals surface area contributed by atoms with E-state index in [9.17, 15) is 9.59 Å². The molecular weight excluding hydrogens is 430 g/mol. The number of nitrogens with zero attached hydrogens (tertiary/aromatic N) is 2. The van der Waals surface area contributed by atoms with Crippen LogP contribution in [0.5, 0.6) is 5.75 Å². The Bertz CT molecular complexity index is 999. The second-order valence-corrected chi connectivity index (χ2v) is 8.03. The van der Waals surface area contributed by atoms with Crippen LogP contribution in [0.3, 0.4) is 0 Å². The van der Waals surface area contributed by atoms with Crippen molar-refractivity contribution in [2.75, 3.05) is 20.4 Å². The molecular formula is C23H25N3O5S. The molecule has 2 amide bonds. The number of amides is 2. The molecule has 168 valence electrons. The van der Waals surface area contributed by atoms with Crippen LogP contribution in [-0.4, -0.2) is 48.0 Å². The molecule has 32 heavy (non-hydrogen) atoms. The number of methoxy groups -OCH3 is 1. The molecule has 8 nitrogen and oxygen atoms in total. The summed E-state index contributed by atoms with van der Waals surface area (Å²) in [6, 6.07) is 7.59. The maximum absolute atomic E-state index is 12.9. The molecule has 3 aliphatic rings. The Morgan fingerprint density at radius 3 is 2.78 bits per heavy atom. The number of fused-ring (bicyclic) bond motifs is 2. The van der Waals surface area contributed by atoms with Crippen molar-refractivity contribution >= 4 is 34.9 Å². The van der Waals surface area contributed by atoms with Crippen LogP contribution in [0.25, 0.3) is 0 Å². The first-order valence-corrected chi connectivity index (χ1v) is 11.0. The van der Waals surface area contributed by atoms with E-state index in [1.54, 1.807) is 24.2 Å². The van der Waals surface area contributed by atoms with E-state index in [2.05, 4.69) is 10.3 Å². The van der Waals surface area contributed by atoms with Gasteiger partial charge < -0.3 is 19.5 Å². The third kappa shape index (κ3) is 4.99. The summed E-state index contributed by atoms with van der Waals surface area (Å²) >= 11 is 5.33. The van der Waals surface area contributed by atoms with Crippen LogP contribution >= 0.6 is 12.2 Å². The fraction of sp³-hybridized carbons (Fsp3) is 0.391. The van der Waals surface area contributed by atoms with Crippen LogP contribution in [0.2, 0.25) is 0 Å². The molecule has 0 aromatic heterocycles. The molecule has 1 N–H and O–H groups in total. The first kappa shape index (κ1) is 22.0. The molecule has 0 spiro atoms. The van der Waals surface area contributed by atoms with Gasteiger partial charge in [0.2, 0.25) is 23.7 Å². The number of rotatable bonds is 9. The Hall–Kier alpha value is -3.20. The maximum atomic E-state index is 12.9. The molecule has 1 atom stereocenters. The summed E-state index contributed by atoms with van der Waals surface area (Å²) in [6.07, 6.45) is 6.20. The highest BCUT2D eigenvalue weighted by atomic mass is 32.1. The van der Waals surface area contributed by atoms with Gasteiger partial charge in [0.05, 0.1) is 12.8 Å². The fourth-order valence-electron chi connectivity index (χ4n) is 3.71. The molecule has 0 saturated carbocycles. The third-order valence-electron chi connectivity index (χ3n) is 5.51. The third-order valence-corrected chi connectivity index (χ3v) is 5.82. The summed E-state index contributed by atoms with van der Waals surface area (Å²) < 4.78 is 15.9. The summed E-state index contributed by atoms with van der Waals surface area (Å²) in [7, 11) is 1.62. The number of carbonyl (C=O) groups is 2. The summed E-state index contributed by atoms with van der Waals surface area (Å²) in [6.45, 7) is 1.12. The van der Waals surface area contributed by atoms with Gasteiger partial charge in [-0.1, -0.05) is 18.6 Å². The molecule has 2 aliphatic heterocycles. The lowest BCUT2D eigenvalue weighted by atomic mass is 9.93. The van der Waals surface area contributed by atoms with Gasteiger partial charge in [0, 0.05) is 25.6 Å². The molecule has 0 bridgehead atoms. The number of unbranched alkanes of at least 4 members (excludes halogenated alkanes) is 2. The number of allylic oxidation sites excluding steroid dienone is 1. The van der Waals surface area contributed by atoms with E-state index in [0.717, 1.165) is 30.6 Å². The van der Waals surface area contributed by atoms with Gasteiger partial charge in [-0.05, 0) is 48.8 Å². The Morgan fingerprint density at radius 2 is 2.00 bits per heavy atom. The zero-order valence-corrected chi connectivity index (χ0v) is 18.7. The van der Waals surface area contributed by atoms with Gasteiger partial charge in [-0.15, -0.1) is 0 Å². The second-order valence-electron chi connectivity index (χ2n) is 7.67. The van der Waals surface area contributed by atoms with Crippen LogP contribution in [0.4, 0.5) is 0 Å². The predicted molar refractivity (Wildman–Crippen MR) is 122 cm³/mol. The molecule has 4 rings (SSSR count). The van der Waals surface area contributed by atoms with Crippen molar-refractivity contribution in [3.63, 3.8) is 0 Å². The van der Waals surface area contributed by atoms with Crippen molar-refractivity contribution in [3.8, 4) is 5.75 Å². The molecule has 1 fully saturated rings. The van der Waals surface area contributed by atoms with E-state index in [1.165, 1.54) is 0 Å². The van der Waals surface area contributed by atoms with Gasteiger partial charge in [-0.2, -0.15) is 0 Å². The minimum Gasteiger partial charge on any atom is -0.497 e. The number of hydrogen-bond acceptors (Lipinski definition) is 6. The van der Waals surface area contributed by atoms with Crippen molar-refractivity contribution in [2.45, 2.75) is 32.2 Å². The molecule has 9 heteroatoms. The number of benzene rings is 1. The SMILES string of the molecule is COc1ccc(CNC(=O)CCCCCN2C(=O)C3C=C4OCOC4=CC3=NC2=S)cc1. The summed E-state index contributed by atoms with van der Waals surface area (Å²) in [5.74, 6) is 1.37. The van der Waals surface area contributed by atoms with E-state index >= 15 is 0 Å². The maximum Gasteiger partial charge on any atom is 0.241 e. The Balaban J connectivity index is 1.18. The average Bonchev–Trinajstić information content (AvgIpc) is 3.26. The van der Waals surface area contributed by atoms with Crippen molar-refractivity contribution in [3.05, 3.63) is 53.5 Å². The molecule has 2 heterocycles. The van der Waals surface area contributed by atoms with Crippen LogP contribution in [0.15, 0.2) is 52.9 Å². The molecule has 1 saturated heterocycles. The summed E-state index contributed by atoms with van der Waals surface area (Å²) in [5, 5.41) is 3.19. The Labute approximate surface area is 191 Å². The quantitative estimate of drug-likeness (QED) is 0.455. The topological polar surface area (TPSA) is 89.5 Å². The lowest BCUT2D eigenvalue weighted by molar-refractivity contribution is -0.128. The number of thiocarbonyl (C=S) groups is 1. The summed E-state index contributed by atoms with van der Waals surface area (Å²) in [4.78, 5) is 30.9. The molecule has 1 aromatic rings. The zero-order chi connectivity index (χ0) is 22.5. The summed E-state index contributed by atoms with van der Waals surface area (Å²) in [5.41, 5.74) is 1.61. The standard InChI is InChI=1S/C23H25N3O5S/c1-29-16-8-6-15(7-9-16)13-24-21(27)5-3-2-4-10-26-22(28)17-11-19-20(31-14-30-19)12-18(17)25-23(26)32/h6-9,11-12,17H,2-5,10,13-14H2,1H3,(H,24,27). The Morgan fingerprint density at radius 1 is 1.22 bits per heavy atom. The first-order chi connectivity index (χ1) is 15.5. The van der Waals surface area contributed by atoms with Gasteiger partial charge in [0.15, 0.2) is 11.5 Å². The van der Waals surface area contributed by atoms with Crippen molar-refractivity contribution in [1.82, 2.24) is 10.2 Å². The minimum absolute atomic E-state index is 0.00911. The lowest BCUT2D eigenvalue weighted by Gasteiger charge is -2.30. The normalized spacial score (nSPS) is 19.1. The first-order valence-electron chi connectivity index (χ1n) is 10.6. The van der Waals surface area contributed by atoms with Gasteiger partial charge in [-0.3, -0.25) is 14.5 Å². The zero-order valence-electron chi connectivity index (χ0n) is 17.8. The van der Waals surface area contributed by atoms with Crippen LogP contribution in [0, 0.1) is 5.92 Å². The largest absolute Gasteiger partial charge is 0.497 e. The predicted octanol–water partition coefficient (Wildman–Crippen LogP) is 2.84. The van der Waals surface area contributed by atoms with Crippen LogP contribution in [0.1, 0.15) is 31.2 Å². The highest BCUT2D eigenvalue weighted by molar-refractivity contribution is 7.80. The number of ether oxygens (including phenoxy) is 3. The van der Waals surface area contributed by atoms with Crippen molar-refractivity contribution in [1.29, 1.82) is 0 Å². The molecule has 1 aliphatic carbocycles. The smallest absolute Gasteiger partial charge is 0.241 e. The van der Waals surface area contributed by atoms with Gasteiger partial charge in [0.1, 0.15) is 11.7 Å². The van der Waals surface area contributed by atoms with Gasteiger partial charge in [-0.25, -0.2) is 4.99 Å². The molecule has 1 unspecified atom stereocenters. The Kier molecular flexibility index (Phi) is 6.84. The van der Waals surface area contributed by atoms with E-state index in [-0.39, 0.29) is 23.7 Å². The van der Waals surface area contributed by atoms with Crippen molar-refractivity contribution < 1.29 is 23.8 Å². The average molecular weight is 456 g/mol. The fourth-order valence-corrected chi connectivity index (χ4v) is 3.99. The number of nitrogens with one attached hydrogen (secondary N) is 1. The van der Waals surface area contributed by atoms with Crippen LogP contribution < -0.4 is 10.1 Å². The van der Waals surface area contributed by atoms with E-state index in [1.807, 2.05) is 24.3 Å². The minimum atomic E-state index is -0.495. The molecule has 0 radical (unpaired) electrons. The number of carbonyl (C=O) groups excluding carboxylic acids is 2. The van der Waals surface area contributed by atoms with Gasteiger partial charge in [0.25, 0.3) is 0 Å². The lowest BCUT2D eigenvalue weighted by Crippen LogP contribution is -2.46. The highest BCUT2D eigenvalue weighted by Gasteiger charge is 2.38. The highest BCUT2D eigenvalue weighted by Crippen LogP contribution is 2.31. The van der Waals surface area contributed by atoms with Crippen molar-refractivity contribution in [2.24, 2.45) is 10.9 Å². The molecule has 1 aromatic carbocycles. The van der Waals surface area contributed by atoms with Crippen LogP contribution in [-0.2, 0) is 25.6 Å². The monoisotopic (exact) mass is 455 g/mol. The second kappa shape index (κ2) is 9.95. The van der Waals surface area contributed by atoms with Gasteiger partial charge >= 0.3 is 0 Å². The van der Waals surface area contributed by atoms with E-state index in [0.29, 0.717) is 36.7 Å². The van der Waals surface area contributed by atoms with E-state index in [4.69, 9.17) is 26.4 Å². The van der Waals surface area contributed by atoms with E-state index < -0.39 is 5.92 Å². The number of hydrogen-bond donors (Lipinski definition) is 1.